The van der Waals surface area contributed by atoms with E-state index in [9.17, 15) is 14.7 Å². The van der Waals surface area contributed by atoms with Crippen LogP contribution in [0.1, 0.15) is 19.8 Å². The number of anilines is 1. The Morgan fingerprint density at radius 1 is 1.41 bits per heavy atom. The molecule has 1 atom stereocenters. The SMILES string of the molecule is CCN1CCC[C@@H]1CNC(=O)C(=O)Nc1cc(Cl)ccc1O. The van der Waals surface area contributed by atoms with Gasteiger partial charge in [0.25, 0.3) is 0 Å². The molecule has 0 aliphatic carbocycles. The molecule has 2 rings (SSSR count). The molecule has 1 saturated heterocycles. The lowest BCUT2D eigenvalue weighted by Gasteiger charge is -2.22. The Morgan fingerprint density at radius 2 is 2.18 bits per heavy atom. The normalized spacial score (nSPS) is 18.2. The summed E-state index contributed by atoms with van der Waals surface area (Å²) in [6.45, 7) is 4.49. The van der Waals surface area contributed by atoms with Crippen LogP contribution in [0.3, 0.4) is 0 Å². The van der Waals surface area contributed by atoms with Gasteiger partial charge in [-0.3, -0.25) is 14.5 Å². The standard InChI is InChI=1S/C15H20ClN3O3/c1-2-19-7-3-4-11(19)9-17-14(21)15(22)18-12-8-10(16)5-6-13(12)20/h5-6,8,11,20H,2-4,7,9H2,1H3,(H,17,21)(H,18,22)/t11-/m1/s1. The van der Waals surface area contributed by atoms with E-state index in [4.69, 9.17) is 11.6 Å². The average Bonchev–Trinajstić information content (AvgIpc) is 2.95. The van der Waals surface area contributed by atoms with Crippen LogP contribution in [-0.4, -0.2) is 47.5 Å². The first-order valence-electron chi connectivity index (χ1n) is 7.33. The first-order chi connectivity index (χ1) is 10.5. The van der Waals surface area contributed by atoms with E-state index in [1.807, 2.05) is 0 Å². The van der Waals surface area contributed by atoms with E-state index >= 15 is 0 Å². The molecule has 22 heavy (non-hydrogen) atoms. The van der Waals surface area contributed by atoms with Gasteiger partial charge in [-0.25, -0.2) is 0 Å². The van der Waals surface area contributed by atoms with Gasteiger partial charge in [-0.15, -0.1) is 0 Å². The minimum atomic E-state index is -0.821. The van der Waals surface area contributed by atoms with E-state index < -0.39 is 11.8 Å². The smallest absolute Gasteiger partial charge is 0.313 e. The number of carbonyl (C=O) groups excluding carboxylic acids is 2. The summed E-state index contributed by atoms with van der Waals surface area (Å²) in [4.78, 5) is 26.0. The third kappa shape index (κ3) is 4.11. The fourth-order valence-electron chi connectivity index (χ4n) is 2.62. The number of likely N-dealkylation sites (N-methyl/N-ethyl adjacent to an activating group) is 1. The maximum absolute atomic E-state index is 11.8. The minimum Gasteiger partial charge on any atom is -0.506 e. The summed E-state index contributed by atoms with van der Waals surface area (Å²) in [7, 11) is 0. The van der Waals surface area contributed by atoms with Crippen molar-refractivity contribution in [1.29, 1.82) is 0 Å². The summed E-state index contributed by atoms with van der Waals surface area (Å²) < 4.78 is 0. The minimum absolute atomic E-state index is 0.115. The van der Waals surface area contributed by atoms with Crippen molar-refractivity contribution in [2.24, 2.45) is 0 Å². The van der Waals surface area contributed by atoms with Gasteiger partial charge in [0.1, 0.15) is 5.75 Å². The molecule has 1 heterocycles. The first kappa shape index (κ1) is 16.6. The third-order valence-corrected chi connectivity index (χ3v) is 4.05. The van der Waals surface area contributed by atoms with Crippen molar-refractivity contribution < 1.29 is 14.7 Å². The van der Waals surface area contributed by atoms with Crippen molar-refractivity contribution in [1.82, 2.24) is 10.2 Å². The number of carbonyl (C=O) groups is 2. The highest BCUT2D eigenvalue weighted by atomic mass is 35.5. The molecule has 1 aromatic carbocycles. The number of amides is 2. The summed E-state index contributed by atoms with van der Waals surface area (Å²) in [5.74, 6) is -1.68. The highest BCUT2D eigenvalue weighted by Crippen LogP contribution is 2.26. The Labute approximate surface area is 134 Å². The van der Waals surface area contributed by atoms with Crippen molar-refractivity contribution in [3.8, 4) is 5.75 Å². The van der Waals surface area contributed by atoms with Crippen LogP contribution in [0.25, 0.3) is 0 Å². The number of nitrogens with zero attached hydrogens (tertiary/aromatic N) is 1. The molecule has 2 amide bonds. The average molecular weight is 326 g/mol. The van der Waals surface area contributed by atoms with Crippen molar-refractivity contribution in [3.63, 3.8) is 0 Å². The number of hydrogen-bond donors (Lipinski definition) is 3. The van der Waals surface area contributed by atoms with Crippen molar-refractivity contribution in [3.05, 3.63) is 23.2 Å². The van der Waals surface area contributed by atoms with Gasteiger partial charge in [-0.05, 0) is 44.1 Å². The molecule has 0 bridgehead atoms. The summed E-state index contributed by atoms with van der Waals surface area (Å²) in [6.07, 6.45) is 2.13. The van der Waals surface area contributed by atoms with Gasteiger partial charge in [0.05, 0.1) is 5.69 Å². The number of aromatic hydroxyl groups is 1. The second kappa shape index (κ2) is 7.47. The maximum Gasteiger partial charge on any atom is 0.313 e. The van der Waals surface area contributed by atoms with E-state index in [0.29, 0.717) is 11.6 Å². The number of benzene rings is 1. The Kier molecular flexibility index (Phi) is 5.63. The van der Waals surface area contributed by atoms with Crippen LogP contribution in [0.4, 0.5) is 5.69 Å². The van der Waals surface area contributed by atoms with Crippen LogP contribution in [0.15, 0.2) is 18.2 Å². The van der Waals surface area contributed by atoms with E-state index in [1.165, 1.54) is 18.2 Å². The van der Waals surface area contributed by atoms with E-state index in [2.05, 4.69) is 22.5 Å². The first-order valence-corrected chi connectivity index (χ1v) is 7.70. The molecule has 120 valence electrons. The summed E-state index contributed by atoms with van der Waals surface area (Å²) in [5.41, 5.74) is 0.115. The predicted octanol–water partition coefficient (Wildman–Crippen LogP) is 1.58. The number of rotatable bonds is 4. The van der Waals surface area contributed by atoms with E-state index in [-0.39, 0.29) is 17.5 Å². The summed E-state index contributed by atoms with van der Waals surface area (Å²) in [5, 5.41) is 15.0. The highest BCUT2D eigenvalue weighted by Gasteiger charge is 2.24. The lowest BCUT2D eigenvalue weighted by Crippen LogP contribution is -2.43. The van der Waals surface area contributed by atoms with Crippen LogP contribution in [0.2, 0.25) is 5.02 Å². The molecule has 1 aliphatic heterocycles. The molecular weight excluding hydrogens is 306 g/mol. The molecule has 1 aliphatic rings. The lowest BCUT2D eigenvalue weighted by atomic mass is 10.2. The zero-order valence-electron chi connectivity index (χ0n) is 12.4. The zero-order valence-corrected chi connectivity index (χ0v) is 13.2. The molecule has 6 nitrogen and oxygen atoms in total. The van der Waals surface area contributed by atoms with Crippen LogP contribution >= 0.6 is 11.6 Å². The van der Waals surface area contributed by atoms with E-state index in [1.54, 1.807) is 0 Å². The number of phenolic OH excluding ortho intramolecular Hbond substituents is 1. The van der Waals surface area contributed by atoms with Crippen molar-refractivity contribution in [2.75, 3.05) is 25.0 Å². The van der Waals surface area contributed by atoms with Gasteiger partial charge >= 0.3 is 11.8 Å². The fourth-order valence-corrected chi connectivity index (χ4v) is 2.79. The third-order valence-electron chi connectivity index (χ3n) is 3.82. The Bertz CT molecular complexity index is 565. The number of phenols is 1. The van der Waals surface area contributed by atoms with Gasteiger partial charge in [0.15, 0.2) is 0 Å². The predicted molar refractivity (Wildman–Crippen MR) is 85.0 cm³/mol. The second-order valence-electron chi connectivity index (χ2n) is 5.25. The van der Waals surface area contributed by atoms with Gasteiger partial charge in [0, 0.05) is 17.6 Å². The zero-order chi connectivity index (χ0) is 16.1. The fraction of sp³-hybridized carbons (Fsp3) is 0.467. The van der Waals surface area contributed by atoms with Crippen molar-refractivity contribution >= 4 is 29.1 Å². The number of hydrogen-bond acceptors (Lipinski definition) is 4. The van der Waals surface area contributed by atoms with Crippen LogP contribution in [0, 0.1) is 0 Å². The van der Waals surface area contributed by atoms with Crippen LogP contribution in [-0.2, 0) is 9.59 Å². The van der Waals surface area contributed by atoms with Gasteiger partial charge < -0.3 is 15.7 Å². The van der Waals surface area contributed by atoms with Gasteiger partial charge in [-0.2, -0.15) is 0 Å². The number of halogens is 1. The van der Waals surface area contributed by atoms with Crippen molar-refractivity contribution in [2.45, 2.75) is 25.8 Å². The lowest BCUT2D eigenvalue weighted by molar-refractivity contribution is -0.136. The summed E-state index contributed by atoms with van der Waals surface area (Å²) >= 11 is 5.79. The Morgan fingerprint density at radius 3 is 2.91 bits per heavy atom. The molecule has 1 aromatic rings. The molecule has 1 fully saturated rings. The highest BCUT2D eigenvalue weighted by molar-refractivity contribution is 6.40. The quantitative estimate of drug-likeness (QED) is 0.580. The Hall–Kier alpha value is -1.79. The van der Waals surface area contributed by atoms with Crippen LogP contribution in [0.5, 0.6) is 5.75 Å². The largest absolute Gasteiger partial charge is 0.506 e. The molecular formula is C15H20ClN3O3. The molecule has 0 unspecified atom stereocenters. The molecule has 3 N–H and O–H groups in total. The Balaban J connectivity index is 1.87. The second-order valence-corrected chi connectivity index (χ2v) is 5.69. The van der Waals surface area contributed by atoms with Crippen LogP contribution < -0.4 is 10.6 Å². The maximum atomic E-state index is 11.8. The topological polar surface area (TPSA) is 81.7 Å². The molecule has 0 aromatic heterocycles. The molecule has 0 radical (unpaired) electrons. The van der Waals surface area contributed by atoms with Gasteiger partial charge in [-0.1, -0.05) is 18.5 Å². The molecule has 0 saturated carbocycles. The monoisotopic (exact) mass is 325 g/mol. The number of likely N-dealkylation sites (tertiary alicyclic amines) is 1. The van der Waals surface area contributed by atoms with E-state index in [0.717, 1.165) is 25.9 Å². The number of nitrogens with one attached hydrogen (secondary N) is 2. The molecule has 0 spiro atoms. The molecule has 7 heteroatoms. The van der Waals surface area contributed by atoms with Gasteiger partial charge in [0.2, 0.25) is 0 Å². The summed E-state index contributed by atoms with van der Waals surface area (Å²) in [6, 6.07) is 4.51.